The molecule has 1 amide bonds. The standard InChI is InChI=1S/C17H23N3O3/c1-17(2,12-21)20-11-14(10-18)16(22)19-9-8-13-4-6-15(23-3)7-5-13/h4-7,11,20-21H,8-9,12H2,1-3H3,(H,19,22)/b14-11-. The van der Waals surface area contributed by atoms with Gasteiger partial charge in [-0.2, -0.15) is 5.26 Å². The van der Waals surface area contributed by atoms with Crippen LogP contribution in [0.5, 0.6) is 5.75 Å². The lowest BCUT2D eigenvalue weighted by atomic mass is 10.1. The highest BCUT2D eigenvalue weighted by molar-refractivity contribution is 5.97. The summed E-state index contributed by atoms with van der Waals surface area (Å²) in [5.41, 5.74) is 0.445. The molecular formula is C17H23N3O3. The van der Waals surface area contributed by atoms with E-state index in [1.54, 1.807) is 21.0 Å². The second-order valence-corrected chi connectivity index (χ2v) is 5.71. The fourth-order valence-electron chi connectivity index (χ4n) is 1.67. The second-order valence-electron chi connectivity index (χ2n) is 5.71. The molecule has 0 saturated carbocycles. The molecule has 0 bridgehead atoms. The van der Waals surface area contributed by atoms with E-state index >= 15 is 0 Å². The second kappa shape index (κ2) is 8.81. The van der Waals surface area contributed by atoms with Gasteiger partial charge in [0.25, 0.3) is 5.91 Å². The molecule has 6 nitrogen and oxygen atoms in total. The van der Waals surface area contributed by atoms with Gasteiger partial charge in [0.1, 0.15) is 17.4 Å². The number of rotatable bonds is 8. The molecule has 0 atom stereocenters. The number of nitrogens with one attached hydrogen (secondary N) is 2. The van der Waals surface area contributed by atoms with Crippen molar-refractivity contribution in [3.05, 3.63) is 41.6 Å². The molecule has 0 spiro atoms. The first-order valence-corrected chi connectivity index (χ1v) is 7.32. The molecule has 0 aliphatic heterocycles. The number of methoxy groups -OCH3 is 1. The molecule has 0 heterocycles. The molecule has 0 aromatic heterocycles. The van der Waals surface area contributed by atoms with Crippen LogP contribution in [0.15, 0.2) is 36.0 Å². The van der Waals surface area contributed by atoms with Crippen LogP contribution in [0.25, 0.3) is 0 Å². The van der Waals surface area contributed by atoms with Crippen LogP contribution >= 0.6 is 0 Å². The van der Waals surface area contributed by atoms with Crippen molar-refractivity contribution >= 4 is 5.91 Å². The van der Waals surface area contributed by atoms with Gasteiger partial charge < -0.3 is 20.5 Å². The number of amides is 1. The highest BCUT2D eigenvalue weighted by Crippen LogP contribution is 2.11. The summed E-state index contributed by atoms with van der Waals surface area (Å²) >= 11 is 0. The SMILES string of the molecule is COc1ccc(CCNC(=O)/C(C#N)=C\NC(C)(C)CO)cc1. The number of ether oxygens (including phenoxy) is 1. The average Bonchev–Trinajstić information content (AvgIpc) is 2.56. The third kappa shape index (κ3) is 6.41. The topological polar surface area (TPSA) is 94.4 Å². The third-order valence-corrected chi connectivity index (χ3v) is 3.23. The molecule has 1 aromatic carbocycles. The third-order valence-electron chi connectivity index (χ3n) is 3.23. The van der Waals surface area contributed by atoms with E-state index in [9.17, 15) is 4.79 Å². The summed E-state index contributed by atoms with van der Waals surface area (Å²) in [5.74, 6) is 0.340. The van der Waals surface area contributed by atoms with Gasteiger partial charge in [0.2, 0.25) is 0 Å². The Morgan fingerprint density at radius 1 is 1.39 bits per heavy atom. The van der Waals surface area contributed by atoms with Crippen LogP contribution in [-0.4, -0.2) is 36.8 Å². The molecule has 0 fully saturated rings. The van der Waals surface area contributed by atoms with Crippen molar-refractivity contribution in [2.24, 2.45) is 0 Å². The van der Waals surface area contributed by atoms with Crippen molar-refractivity contribution < 1.29 is 14.6 Å². The van der Waals surface area contributed by atoms with Crippen molar-refractivity contribution in [3.63, 3.8) is 0 Å². The first-order chi connectivity index (χ1) is 10.9. The lowest BCUT2D eigenvalue weighted by molar-refractivity contribution is -0.117. The normalized spacial score (nSPS) is 11.5. The minimum absolute atomic E-state index is 0.0266. The van der Waals surface area contributed by atoms with Crippen molar-refractivity contribution in [1.82, 2.24) is 10.6 Å². The van der Waals surface area contributed by atoms with Gasteiger partial charge in [-0.1, -0.05) is 12.1 Å². The van der Waals surface area contributed by atoms with E-state index in [1.165, 1.54) is 6.20 Å². The summed E-state index contributed by atoms with van der Waals surface area (Å²) < 4.78 is 5.08. The highest BCUT2D eigenvalue weighted by atomic mass is 16.5. The van der Waals surface area contributed by atoms with Crippen molar-refractivity contribution in [2.75, 3.05) is 20.3 Å². The summed E-state index contributed by atoms with van der Waals surface area (Å²) in [6.07, 6.45) is 1.99. The van der Waals surface area contributed by atoms with Gasteiger partial charge in [0.05, 0.1) is 19.3 Å². The molecule has 0 saturated heterocycles. The Hall–Kier alpha value is -2.52. The Kier molecular flexibility index (Phi) is 7.10. The number of benzene rings is 1. The number of aliphatic hydroxyl groups is 1. The van der Waals surface area contributed by atoms with E-state index in [2.05, 4.69) is 10.6 Å². The fraction of sp³-hybridized carbons (Fsp3) is 0.412. The lowest BCUT2D eigenvalue weighted by Gasteiger charge is -2.22. The molecule has 6 heteroatoms. The largest absolute Gasteiger partial charge is 0.497 e. The molecule has 3 N–H and O–H groups in total. The van der Waals surface area contributed by atoms with Gasteiger partial charge in [-0.3, -0.25) is 4.79 Å². The summed E-state index contributed by atoms with van der Waals surface area (Å²) in [6, 6.07) is 9.43. The maximum absolute atomic E-state index is 11.9. The first kappa shape index (κ1) is 18.5. The van der Waals surface area contributed by atoms with Crippen molar-refractivity contribution in [3.8, 4) is 11.8 Å². The fourth-order valence-corrected chi connectivity index (χ4v) is 1.67. The first-order valence-electron chi connectivity index (χ1n) is 7.32. The molecule has 1 aromatic rings. The Morgan fingerprint density at radius 3 is 2.57 bits per heavy atom. The number of hydrogen-bond donors (Lipinski definition) is 3. The molecule has 0 unspecified atom stereocenters. The smallest absolute Gasteiger partial charge is 0.263 e. The molecule has 0 aliphatic carbocycles. The summed E-state index contributed by atoms with van der Waals surface area (Å²) in [6.45, 7) is 3.84. The Labute approximate surface area is 136 Å². The summed E-state index contributed by atoms with van der Waals surface area (Å²) in [5, 5.41) is 23.7. The van der Waals surface area contributed by atoms with Crippen LogP contribution in [0, 0.1) is 11.3 Å². The molecule has 0 radical (unpaired) electrons. The highest BCUT2D eigenvalue weighted by Gasteiger charge is 2.15. The summed E-state index contributed by atoms with van der Waals surface area (Å²) in [7, 11) is 1.61. The zero-order chi connectivity index (χ0) is 17.3. The zero-order valence-corrected chi connectivity index (χ0v) is 13.7. The molecule has 124 valence electrons. The van der Waals surface area contributed by atoms with Crippen LogP contribution in [0.1, 0.15) is 19.4 Å². The Morgan fingerprint density at radius 2 is 2.04 bits per heavy atom. The van der Waals surface area contributed by atoms with E-state index in [0.717, 1.165) is 11.3 Å². The maximum atomic E-state index is 11.9. The summed E-state index contributed by atoms with van der Waals surface area (Å²) in [4.78, 5) is 11.9. The number of carbonyl (C=O) groups excluding carboxylic acids is 1. The number of nitriles is 1. The van der Waals surface area contributed by atoms with Gasteiger partial charge in [-0.15, -0.1) is 0 Å². The van der Waals surface area contributed by atoms with Gasteiger partial charge in [0, 0.05) is 12.7 Å². The number of nitrogens with zero attached hydrogens (tertiary/aromatic N) is 1. The van der Waals surface area contributed by atoms with Crippen LogP contribution < -0.4 is 15.4 Å². The quantitative estimate of drug-likeness (QED) is 0.493. The molecule has 1 rings (SSSR count). The number of carbonyl (C=O) groups is 1. The predicted octanol–water partition coefficient (Wildman–Crippen LogP) is 1.12. The predicted molar refractivity (Wildman–Crippen MR) is 87.7 cm³/mol. The van der Waals surface area contributed by atoms with Crippen LogP contribution in [-0.2, 0) is 11.2 Å². The van der Waals surface area contributed by atoms with Gasteiger partial charge in [-0.05, 0) is 38.0 Å². The van der Waals surface area contributed by atoms with Crippen molar-refractivity contribution in [2.45, 2.75) is 25.8 Å². The van der Waals surface area contributed by atoms with E-state index < -0.39 is 11.4 Å². The average molecular weight is 317 g/mol. The minimum atomic E-state index is -0.592. The maximum Gasteiger partial charge on any atom is 0.263 e. The van der Waals surface area contributed by atoms with E-state index in [-0.39, 0.29) is 12.2 Å². The Bertz CT molecular complexity index is 586. The zero-order valence-electron chi connectivity index (χ0n) is 13.7. The monoisotopic (exact) mass is 317 g/mol. The van der Waals surface area contributed by atoms with Gasteiger partial charge >= 0.3 is 0 Å². The van der Waals surface area contributed by atoms with Crippen molar-refractivity contribution in [1.29, 1.82) is 5.26 Å². The van der Waals surface area contributed by atoms with Gasteiger partial charge in [-0.25, -0.2) is 0 Å². The molecule has 0 aliphatic rings. The van der Waals surface area contributed by atoms with Crippen LogP contribution in [0.3, 0.4) is 0 Å². The van der Waals surface area contributed by atoms with Gasteiger partial charge in [0.15, 0.2) is 0 Å². The Balaban J connectivity index is 2.50. The van der Waals surface area contributed by atoms with E-state index in [1.807, 2.05) is 30.3 Å². The molecular weight excluding hydrogens is 294 g/mol. The van der Waals surface area contributed by atoms with E-state index in [4.69, 9.17) is 15.1 Å². The molecule has 23 heavy (non-hydrogen) atoms. The van der Waals surface area contributed by atoms with E-state index in [0.29, 0.717) is 13.0 Å². The van der Waals surface area contributed by atoms with Crippen LogP contribution in [0.2, 0.25) is 0 Å². The lowest BCUT2D eigenvalue weighted by Crippen LogP contribution is -2.40. The minimum Gasteiger partial charge on any atom is -0.497 e. The van der Waals surface area contributed by atoms with Crippen LogP contribution in [0.4, 0.5) is 0 Å². The number of aliphatic hydroxyl groups excluding tert-OH is 1. The number of hydrogen-bond acceptors (Lipinski definition) is 5.